The summed E-state index contributed by atoms with van der Waals surface area (Å²) in [6.45, 7) is 3.55. The zero-order chi connectivity index (χ0) is 21.3. The number of halogens is 1. The van der Waals surface area contributed by atoms with E-state index in [0.29, 0.717) is 39.0 Å². The fourth-order valence-corrected chi connectivity index (χ4v) is 3.38. The topological polar surface area (TPSA) is 136 Å². The molecular formula is C18H21FN4O6. The van der Waals surface area contributed by atoms with E-state index in [9.17, 15) is 34.3 Å². The van der Waals surface area contributed by atoms with Gasteiger partial charge in [-0.05, 0) is 25.8 Å². The van der Waals surface area contributed by atoms with Gasteiger partial charge >= 0.3 is 11.9 Å². The number of nitro groups is 1. The maximum Gasteiger partial charge on any atom is 0.344 e. The van der Waals surface area contributed by atoms with Gasteiger partial charge in [-0.2, -0.15) is 0 Å². The van der Waals surface area contributed by atoms with Crippen molar-refractivity contribution in [2.75, 3.05) is 36.0 Å². The minimum absolute atomic E-state index is 0.00932. The van der Waals surface area contributed by atoms with Crippen LogP contribution in [0.1, 0.15) is 18.4 Å². The Bertz CT molecular complexity index is 877. The van der Waals surface area contributed by atoms with Crippen LogP contribution in [-0.2, 0) is 9.59 Å². The molecule has 2 fully saturated rings. The number of aliphatic carboxylic acids is 2. The van der Waals surface area contributed by atoms with E-state index in [1.165, 1.54) is 17.9 Å². The van der Waals surface area contributed by atoms with Gasteiger partial charge in [0.25, 0.3) is 5.69 Å². The van der Waals surface area contributed by atoms with Crippen LogP contribution < -0.4 is 15.1 Å². The molecule has 3 N–H and O–H groups in total. The number of piperazine rings is 1. The number of carbonyl (C=O) groups is 2. The fourth-order valence-electron chi connectivity index (χ4n) is 3.38. The summed E-state index contributed by atoms with van der Waals surface area (Å²) < 4.78 is 15.0. The number of hydrogen-bond donors (Lipinski definition) is 3. The monoisotopic (exact) mass is 408 g/mol. The first-order valence-electron chi connectivity index (χ1n) is 9.12. The Balaban J connectivity index is 2.20. The first kappa shape index (κ1) is 20.5. The van der Waals surface area contributed by atoms with Crippen LogP contribution in [0.2, 0.25) is 0 Å². The van der Waals surface area contributed by atoms with Crippen molar-refractivity contribution in [3.63, 3.8) is 0 Å². The van der Waals surface area contributed by atoms with Gasteiger partial charge in [0, 0.05) is 38.4 Å². The van der Waals surface area contributed by atoms with Crippen LogP contribution in [-0.4, -0.2) is 59.3 Å². The second kappa shape index (κ2) is 8.03. The average molecular weight is 408 g/mol. The van der Waals surface area contributed by atoms with Crippen molar-refractivity contribution >= 4 is 29.0 Å². The number of nitro benzene ring substituents is 1. The zero-order valence-corrected chi connectivity index (χ0v) is 15.7. The first-order valence-corrected chi connectivity index (χ1v) is 9.12. The lowest BCUT2D eigenvalue weighted by Gasteiger charge is -2.31. The summed E-state index contributed by atoms with van der Waals surface area (Å²) in [6, 6.07) is 1.03. The van der Waals surface area contributed by atoms with E-state index in [4.69, 9.17) is 0 Å². The fraction of sp³-hybridized carbons (Fsp3) is 0.444. The Labute approximate surface area is 165 Å². The number of hydrogen-bond acceptors (Lipinski definition) is 7. The van der Waals surface area contributed by atoms with Crippen LogP contribution in [0.3, 0.4) is 0 Å². The largest absolute Gasteiger partial charge is 0.477 e. The van der Waals surface area contributed by atoms with Crippen molar-refractivity contribution in [3.8, 4) is 0 Å². The zero-order valence-electron chi connectivity index (χ0n) is 15.7. The van der Waals surface area contributed by atoms with Crippen LogP contribution in [0.25, 0.3) is 0 Å². The van der Waals surface area contributed by atoms with Crippen LogP contribution in [0.4, 0.5) is 21.5 Å². The van der Waals surface area contributed by atoms with Crippen LogP contribution in [0, 0.1) is 22.9 Å². The summed E-state index contributed by atoms with van der Waals surface area (Å²) in [5, 5.41) is 33.2. The van der Waals surface area contributed by atoms with E-state index >= 15 is 0 Å². The van der Waals surface area contributed by atoms with E-state index in [1.54, 1.807) is 4.90 Å². The van der Waals surface area contributed by atoms with E-state index in [2.05, 4.69) is 5.32 Å². The van der Waals surface area contributed by atoms with Gasteiger partial charge in [0.15, 0.2) is 11.4 Å². The van der Waals surface area contributed by atoms with Crippen molar-refractivity contribution in [2.45, 2.75) is 25.8 Å². The van der Waals surface area contributed by atoms with E-state index in [0.717, 1.165) is 6.20 Å². The number of rotatable bonds is 7. The van der Waals surface area contributed by atoms with Gasteiger partial charge in [-0.1, -0.05) is 0 Å². The average Bonchev–Trinajstić information content (AvgIpc) is 3.49. The molecule has 0 unspecified atom stereocenters. The Morgan fingerprint density at radius 1 is 1.31 bits per heavy atom. The van der Waals surface area contributed by atoms with Gasteiger partial charge in [0.1, 0.15) is 5.69 Å². The van der Waals surface area contributed by atoms with E-state index in [-0.39, 0.29) is 23.0 Å². The van der Waals surface area contributed by atoms with Gasteiger partial charge in [-0.25, -0.2) is 14.0 Å². The van der Waals surface area contributed by atoms with E-state index in [1.807, 2.05) is 0 Å². The summed E-state index contributed by atoms with van der Waals surface area (Å²) in [7, 11) is 0. The number of carboxylic acid groups (broad SMARTS) is 2. The lowest BCUT2D eigenvalue weighted by Crippen LogP contribution is -2.44. The molecule has 1 aromatic carbocycles. The summed E-state index contributed by atoms with van der Waals surface area (Å²) in [4.78, 5) is 36.7. The van der Waals surface area contributed by atoms with Crippen molar-refractivity contribution in [3.05, 3.63) is 39.3 Å². The normalized spacial score (nSPS) is 16.3. The highest BCUT2D eigenvalue weighted by Gasteiger charge is 2.37. The van der Waals surface area contributed by atoms with Gasteiger partial charge in [0.2, 0.25) is 0 Å². The summed E-state index contributed by atoms with van der Waals surface area (Å²) in [5.74, 6) is -4.03. The maximum absolute atomic E-state index is 15.0. The molecule has 0 amide bonds. The Hall–Kier alpha value is -3.21. The van der Waals surface area contributed by atoms with Gasteiger partial charge in [-0.15, -0.1) is 0 Å². The van der Waals surface area contributed by atoms with Crippen molar-refractivity contribution in [1.82, 2.24) is 5.32 Å². The summed E-state index contributed by atoms with van der Waals surface area (Å²) in [6.07, 6.45) is 2.11. The molecule has 0 bridgehead atoms. The predicted octanol–water partition coefficient (Wildman–Crippen LogP) is 1.47. The Kier molecular flexibility index (Phi) is 5.69. The van der Waals surface area contributed by atoms with E-state index < -0.39 is 33.9 Å². The van der Waals surface area contributed by atoms with Crippen LogP contribution >= 0.6 is 0 Å². The molecular weight excluding hydrogens is 387 g/mol. The molecule has 1 aliphatic heterocycles. The molecule has 10 nitrogen and oxygen atoms in total. The third-order valence-corrected chi connectivity index (χ3v) is 5.01. The molecule has 1 saturated carbocycles. The molecule has 1 saturated heterocycles. The summed E-state index contributed by atoms with van der Waals surface area (Å²) >= 11 is 0. The summed E-state index contributed by atoms with van der Waals surface area (Å²) in [5.41, 5.74) is -1.43. The lowest BCUT2D eigenvalue weighted by molar-refractivity contribution is -0.384. The molecule has 3 rings (SSSR count). The molecule has 0 radical (unpaired) electrons. The molecule has 156 valence electrons. The minimum atomic E-state index is -1.66. The second-order valence-electron chi connectivity index (χ2n) is 6.99. The molecule has 0 aromatic heterocycles. The van der Waals surface area contributed by atoms with Gasteiger partial charge < -0.3 is 25.3 Å². The third kappa shape index (κ3) is 4.14. The maximum atomic E-state index is 15.0. The molecule has 0 spiro atoms. The SMILES string of the molecule is Cc1c(F)c(N2CCNCC2)cc(N(C=C(C(=O)O)C(=O)O)C2CC2)c1[N+](=O)[O-]. The molecule has 29 heavy (non-hydrogen) atoms. The van der Waals surface area contributed by atoms with Gasteiger partial charge in [0.05, 0.1) is 16.2 Å². The molecule has 11 heteroatoms. The van der Waals surface area contributed by atoms with Crippen molar-refractivity contribution < 1.29 is 29.1 Å². The number of nitrogens with one attached hydrogen (secondary N) is 1. The molecule has 2 aliphatic rings. The number of benzene rings is 1. The second-order valence-corrected chi connectivity index (χ2v) is 6.99. The van der Waals surface area contributed by atoms with Crippen molar-refractivity contribution in [1.29, 1.82) is 0 Å². The van der Waals surface area contributed by atoms with Gasteiger partial charge in [-0.3, -0.25) is 10.1 Å². The first-order chi connectivity index (χ1) is 13.7. The minimum Gasteiger partial charge on any atom is -0.477 e. The highest BCUT2D eigenvalue weighted by Crippen LogP contribution is 2.43. The number of nitrogens with zero attached hydrogens (tertiary/aromatic N) is 3. The van der Waals surface area contributed by atoms with Crippen LogP contribution in [0.5, 0.6) is 0 Å². The number of carboxylic acids is 2. The van der Waals surface area contributed by atoms with Crippen molar-refractivity contribution in [2.24, 2.45) is 0 Å². The Morgan fingerprint density at radius 3 is 2.38 bits per heavy atom. The smallest absolute Gasteiger partial charge is 0.344 e. The molecule has 0 atom stereocenters. The molecule has 1 aliphatic carbocycles. The lowest BCUT2D eigenvalue weighted by atomic mass is 10.1. The van der Waals surface area contributed by atoms with Crippen LogP contribution in [0.15, 0.2) is 17.8 Å². The predicted molar refractivity (Wildman–Crippen MR) is 102 cm³/mol. The Morgan fingerprint density at radius 2 is 1.90 bits per heavy atom. The standard InChI is InChI=1S/C18H21FN4O6/c1-10-15(19)13(21-6-4-20-5-7-21)8-14(16(10)23(28)29)22(11-2-3-11)9-12(17(24)25)18(26)27/h8-9,11,20H,2-7H2,1H3,(H,24,25)(H,26,27). The number of anilines is 2. The quantitative estimate of drug-likeness (QED) is 0.201. The molecule has 1 aromatic rings. The highest BCUT2D eigenvalue weighted by atomic mass is 19.1. The molecule has 1 heterocycles. The highest BCUT2D eigenvalue weighted by molar-refractivity contribution is 6.12. The third-order valence-electron chi connectivity index (χ3n) is 5.01.